The number of hydrogen-bond donors (Lipinski definition) is 2. The lowest BCUT2D eigenvalue weighted by Gasteiger charge is -2.36. The second-order valence-corrected chi connectivity index (χ2v) is 8.87. The number of thioether (sulfide) groups is 1. The van der Waals surface area contributed by atoms with Crippen LogP contribution in [0.5, 0.6) is 0 Å². The fraction of sp³-hybridized carbons (Fsp3) is 0.417. The summed E-state index contributed by atoms with van der Waals surface area (Å²) in [7, 11) is -3.32. The Hall–Kier alpha value is -0.800. The highest BCUT2D eigenvalue weighted by molar-refractivity contribution is 9.10. The first-order valence-electron chi connectivity index (χ1n) is 6.09. The molecule has 3 N–H and O–H groups in total. The summed E-state index contributed by atoms with van der Waals surface area (Å²) in [5.74, 6) is 0.298. The van der Waals surface area contributed by atoms with Gasteiger partial charge in [0.2, 0.25) is 0 Å². The van der Waals surface area contributed by atoms with Crippen molar-refractivity contribution < 1.29 is 12.8 Å². The molecule has 0 bridgehead atoms. The average Bonchev–Trinajstić information content (AvgIpc) is 2.40. The lowest BCUT2D eigenvalue weighted by Crippen LogP contribution is -2.47. The van der Waals surface area contributed by atoms with Crippen LogP contribution < -0.4 is 10.6 Å². The third-order valence-corrected chi connectivity index (χ3v) is 6.66. The van der Waals surface area contributed by atoms with Crippen molar-refractivity contribution in [2.75, 3.05) is 29.2 Å². The van der Waals surface area contributed by atoms with Gasteiger partial charge in [0, 0.05) is 29.9 Å². The molecule has 1 aromatic carbocycles. The summed E-state index contributed by atoms with van der Waals surface area (Å²) in [5, 5.41) is 6.65. The van der Waals surface area contributed by atoms with E-state index in [2.05, 4.69) is 15.9 Å². The smallest absolute Gasteiger partial charge is 0.169 e. The quantitative estimate of drug-likeness (QED) is 0.601. The Morgan fingerprint density at radius 1 is 1.57 bits per heavy atom. The molecule has 0 aliphatic carbocycles. The first kappa shape index (κ1) is 16.6. The summed E-state index contributed by atoms with van der Waals surface area (Å²) >= 11 is 4.63. The van der Waals surface area contributed by atoms with Crippen molar-refractivity contribution in [1.29, 1.82) is 5.41 Å². The number of amidine groups is 1. The summed E-state index contributed by atoms with van der Waals surface area (Å²) in [5.41, 5.74) is 5.84. The van der Waals surface area contributed by atoms with E-state index in [4.69, 9.17) is 11.1 Å². The van der Waals surface area contributed by atoms with E-state index in [0.717, 1.165) is 12.0 Å². The van der Waals surface area contributed by atoms with Gasteiger partial charge in [-0.1, -0.05) is 0 Å². The Morgan fingerprint density at radius 2 is 2.24 bits per heavy atom. The van der Waals surface area contributed by atoms with E-state index in [1.54, 1.807) is 4.90 Å². The maximum atomic E-state index is 14.5. The minimum atomic E-state index is -3.32. The van der Waals surface area contributed by atoms with Crippen molar-refractivity contribution in [2.24, 2.45) is 5.73 Å². The molecule has 1 atom stereocenters. The van der Waals surface area contributed by atoms with E-state index in [9.17, 15) is 12.8 Å². The van der Waals surface area contributed by atoms with E-state index in [1.165, 1.54) is 23.9 Å². The SMILES string of the molecule is CS(=O)(=O)C1CSCCN1c1ccc(C(=N)N)c(Br)c1F. The molecule has 1 aliphatic heterocycles. The molecule has 0 saturated carbocycles. The van der Waals surface area contributed by atoms with Gasteiger partial charge < -0.3 is 10.6 Å². The van der Waals surface area contributed by atoms with Gasteiger partial charge in [0.05, 0.1) is 10.2 Å². The first-order valence-corrected chi connectivity index (χ1v) is 9.99. The first-order chi connectivity index (χ1) is 9.73. The lowest BCUT2D eigenvalue weighted by molar-refractivity contribution is 0.577. The lowest BCUT2D eigenvalue weighted by atomic mass is 10.1. The number of nitrogens with one attached hydrogen (secondary N) is 1. The van der Waals surface area contributed by atoms with Crippen molar-refractivity contribution in [3.05, 3.63) is 28.0 Å². The van der Waals surface area contributed by atoms with E-state index in [1.807, 2.05) is 0 Å². The second-order valence-electron chi connectivity index (χ2n) is 4.73. The number of sulfone groups is 1. The minimum absolute atomic E-state index is 0.0815. The van der Waals surface area contributed by atoms with Crippen molar-refractivity contribution in [3.8, 4) is 0 Å². The highest BCUT2D eigenvalue weighted by Crippen LogP contribution is 2.33. The number of rotatable bonds is 3. The maximum absolute atomic E-state index is 14.5. The van der Waals surface area contributed by atoms with Gasteiger partial charge in [-0.2, -0.15) is 11.8 Å². The monoisotopic (exact) mass is 395 g/mol. The number of benzene rings is 1. The predicted octanol–water partition coefficient (Wildman–Crippen LogP) is 1.80. The van der Waals surface area contributed by atoms with Crippen LogP contribution in [-0.2, 0) is 9.84 Å². The molecule has 2 rings (SSSR count). The van der Waals surface area contributed by atoms with Crippen molar-refractivity contribution in [2.45, 2.75) is 5.37 Å². The van der Waals surface area contributed by atoms with Crippen LogP contribution in [0.2, 0.25) is 0 Å². The van der Waals surface area contributed by atoms with E-state index < -0.39 is 21.0 Å². The molecule has 1 saturated heterocycles. The number of halogens is 2. The minimum Gasteiger partial charge on any atom is -0.384 e. The van der Waals surface area contributed by atoms with E-state index >= 15 is 0 Å². The summed E-state index contributed by atoms with van der Waals surface area (Å²) in [6, 6.07) is 3.00. The Bertz CT molecular complexity index is 681. The Balaban J connectivity index is 2.50. The Labute approximate surface area is 135 Å². The van der Waals surface area contributed by atoms with Crippen LogP contribution in [0.4, 0.5) is 10.1 Å². The van der Waals surface area contributed by atoms with Crippen molar-refractivity contribution in [3.63, 3.8) is 0 Å². The van der Waals surface area contributed by atoms with Gasteiger partial charge in [-0.05, 0) is 28.1 Å². The molecule has 5 nitrogen and oxygen atoms in total. The summed E-state index contributed by atoms with van der Waals surface area (Å²) in [6.07, 6.45) is 1.16. The molecule has 1 aliphatic rings. The molecular formula is C12H15BrFN3O2S2. The fourth-order valence-electron chi connectivity index (χ4n) is 2.18. The summed E-state index contributed by atoms with van der Waals surface area (Å²) in [6.45, 7) is 0.450. The number of hydrogen-bond acceptors (Lipinski definition) is 5. The van der Waals surface area contributed by atoms with Crippen LogP contribution in [0, 0.1) is 11.2 Å². The van der Waals surface area contributed by atoms with Crippen LogP contribution in [0.15, 0.2) is 16.6 Å². The standard InChI is InChI=1S/C12H15BrFN3O2S2/c1-21(18,19)9-6-20-5-4-17(9)8-3-2-7(12(15)16)10(13)11(8)14/h2-3,9H,4-6H2,1H3,(H3,15,16). The number of nitrogens with zero attached hydrogens (tertiary/aromatic N) is 1. The molecule has 1 aromatic rings. The van der Waals surface area contributed by atoms with Gasteiger partial charge >= 0.3 is 0 Å². The highest BCUT2D eigenvalue weighted by atomic mass is 79.9. The normalized spacial score (nSPS) is 19.6. The summed E-state index contributed by atoms with van der Waals surface area (Å²) in [4.78, 5) is 1.57. The predicted molar refractivity (Wildman–Crippen MR) is 88.4 cm³/mol. The zero-order valence-electron chi connectivity index (χ0n) is 11.3. The molecule has 0 aromatic heterocycles. The molecule has 9 heteroatoms. The topological polar surface area (TPSA) is 87.2 Å². The van der Waals surface area contributed by atoms with E-state index in [-0.39, 0.29) is 21.6 Å². The van der Waals surface area contributed by atoms with Gasteiger partial charge in [-0.25, -0.2) is 12.8 Å². The van der Waals surface area contributed by atoms with Gasteiger partial charge in [-0.15, -0.1) is 0 Å². The zero-order valence-corrected chi connectivity index (χ0v) is 14.5. The molecule has 0 amide bonds. The zero-order chi connectivity index (χ0) is 15.8. The molecule has 1 heterocycles. The number of anilines is 1. The molecule has 21 heavy (non-hydrogen) atoms. The van der Waals surface area contributed by atoms with Gasteiger partial charge in [0.15, 0.2) is 15.7 Å². The molecule has 1 fully saturated rings. The highest BCUT2D eigenvalue weighted by Gasteiger charge is 2.33. The Morgan fingerprint density at radius 3 is 2.81 bits per heavy atom. The number of nitrogen functional groups attached to an aromatic ring is 1. The van der Waals surface area contributed by atoms with Crippen LogP contribution in [0.1, 0.15) is 5.56 Å². The fourth-order valence-corrected chi connectivity index (χ4v) is 5.56. The average molecular weight is 396 g/mol. The molecule has 1 unspecified atom stereocenters. The van der Waals surface area contributed by atoms with Crippen LogP contribution in [0.25, 0.3) is 0 Å². The van der Waals surface area contributed by atoms with Crippen molar-refractivity contribution >= 4 is 49.1 Å². The second kappa shape index (κ2) is 6.13. The third-order valence-electron chi connectivity index (χ3n) is 3.24. The van der Waals surface area contributed by atoms with Crippen LogP contribution in [-0.4, -0.2) is 43.9 Å². The third kappa shape index (κ3) is 3.35. The largest absolute Gasteiger partial charge is 0.384 e. The molecule has 0 radical (unpaired) electrons. The van der Waals surface area contributed by atoms with Gasteiger partial charge in [-0.3, -0.25) is 5.41 Å². The van der Waals surface area contributed by atoms with Crippen molar-refractivity contribution in [1.82, 2.24) is 0 Å². The van der Waals surface area contributed by atoms with E-state index in [0.29, 0.717) is 12.3 Å². The van der Waals surface area contributed by atoms with Crippen LogP contribution >= 0.6 is 27.7 Å². The van der Waals surface area contributed by atoms with Gasteiger partial charge in [0.1, 0.15) is 11.2 Å². The van der Waals surface area contributed by atoms with Gasteiger partial charge in [0.25, 0.3) is 0 Å². The molecule has 116 valence electrons. The molecular weight excluding hydrogens is 381 g/mol. The molecule has 0 spiro atoms. The summed E-state index contributed by atoms with van der Waals surface area (Å²) < 4.78 is 38.4. The Kier molecular flexibility index (Phi) is 4.84. The number of nitrogens with two attached hydrogens (primary N) is 1. The maximum Gasteiger partial charge on any atom is 0.169 e. The van der Waals surface area contributed by atoms with Crippen LogP contribution in [0.3, 0.4) is 0 Å².